The lowest BCUT2D eigenvalue weighted by atomic mass is 10.1. The molecular formula is C21H20Cl2N4O. The molecule has 0 saturated heterocycles. The van der Waals surface area contributed by atoms with Crippen LogP contribution in [0.3, 0.4) is 0 Å². The minimum Gasteiger partial charge on any atom is -0.385 e. The first-order chi connectivity index (χ1) is 13.6. The van der Waals surface area contributed by atoms with Gasteiger partial charge in [0.05, 0.1) is 15.7 Å². The number of aliphatic hydroxyl groups is 1. The molecule has 144 valence electrons. The fourth-order valence-electron chi connectivity index (χ4n) is 3.15. The van der Waals surface area contributed by atoms with Crippen molar-refractivity contribution >= 4 is 28.9 Å². The topological polar surface area (TPSA) is 54.2 Å². The molecule has 0 radical (unpaired) electrons. The normalized spacial score (nSPS) is 14.6. The van der Waals surface area contributed by atoms with Crippen LogP contribution in [0, 0.1) is 0 Å². The van der Waals surface area contributed by atoms with Crippen molar-refractivity contribution < 1.29 is 5.11 Å². The van der Waals surface area contributed by atoms with Gasteiger partial charge in [0.2, 0.25) is 0 Å². The highest BCUT2D eigenvalue weighted by atomic mass is 35.5. The molecule has 5 nitrogen and oxygen atoms in total. The molecule has 0 fully saturated rings. The first-order valence-electron chi connectivity index (χ1n) is 9.17. The van der Waals surface area contributed by atoms with Crippen LogP contribution in [0.1, 0.15) is 25.3 Å². The summed E-state index contributed by atoms with van der Waals surface area (Å²) in [5, 5.41) is 15.7. The lowest BCUT2D eigenvalue weighted by Crippen LogP contribution is -2.18. The Morgan fingerprint density at radius 2 is 1.68 bits per heavy atom. The average Bonchev–Trinajstić information content (AvgIpc) is 3.40. The molecule has 1 unspecified atom stereocenters. The second-order valence-electron chi connectivity index (χ2n) is 6.65. The van der Waals surface area contributed by atoms with Crippen molar-refractivity contribution in [3.8, 4) is 17.1 Å². The number of benzene rings is 2. The predicted molar refractivity (Wildman–Crippen MR) is 113 cm³/mol. The van der Waals surface area contributed by atoms with Crippen molar-refractivity contribution in [2.24, 2.45) is 0 Å². The zero-order valence-electron chi connectivity index (χ0n) is 15.4. The van der Waals surface area contributed by atoms with Gasteiger partial charge in [-0.3, -0.25) is 0 Å². The van der Waals surface area contributed by atoms with Gasteiger partial charge in [-0.2, -0.15) is 0 Å². The van der Waals surface area contributed by atoms with E-state index >= 15 is 0 Å². The maximum absolute atomic E-state index is 10.2. The third-order valence-corrected chi connectivity index (χ3v) is 5.50. The van der Waals surface area contributed by atoms with Crippen LogP contribution in [0.2, 0.25) is 10.0 Å². The Hall–Kier alpha value is -2.34. The number of hydrogen-bond donors (Lipinski definition) is 1. The molecular weight excluding hydrogens is 395 g/mol. The van der Waals surface area contributed by atoms with Crippen molar-refractivity contribution in [1.29, 1.82) is 0 Å². The molecule has 1 atom stereocenters. The van der Waals surface area contributed by atoms with Crippen LogP contribution in [0.25, 0.3) is 17.1 Å². The van der Waals surface area contributed by atoms with E-state index in [0.29, 0.717) is 28.1 Å². The fourth-order valence-corrected chi connectivity index (χ4v) is 3.44. The van der Waals surface area contributed by atoms with Crippen LogP contribution in [0.4, 0.5) is 5.69 Å². The fraction of sp³-hybridized carbons (Fsp3) is 0.238. The van der Waals surface area contributed by atoms with E-state index in [1.165, 1.54) is 0 Å². The van der Waals surface area contributed by atoms with Crippen LogP contribution in [-0.2, 0) is 0 Å². The molecule has 1 N–H and O–H groups in total. The van der Waals surface area contributed by atoms with E-state index in [-0.39, 0.29) is 0 Å². The lowest BCUT2D eigenvalue weighted by molar-refractivity contribution is 0.164. The zero-order valence-corrected chi connectivity index (χ0v) is 16.9. The van der Waals surface area contributed by atoms with E-state index < -0.39 is 6.10 Å². The van der Waals surface area contributed by atoms with E-state index in [4.69, 9.17) is 23.2 Å². The summed E-state index contributed by atoms with van der Waals surface area (Å²) in [6.07, 6.45) is 4.13. The Bertz CT molecular complexity index is 1010. The van der Waals surface area contributed by atoms with E-state index in [0.717, 1.165) is 30.0 Å². The van der Waals surface area contributed by atoms with Gasteiger partial charge in [0.25, 0.3) is 0 Å². The van der Waals surface area contributed by atoms with E-state index in [1.807, 2.05) is 25.1 Å². The summed E-state index contributed by atoms with van der Waals surface area (Å²) >= 11 is 12.3. The molecule has 7 heteroatoms. The van der Waals surface area contributed by atoms with Gasteiger partial charge in [-0.15, -0.1) is 5.10 Å². The molecule has 1 aliphatic heterocycles. The SMILES string of the molecule is CCC(O)c1nc(-c2ccc(N3CC=CC3)cc2)n(-c2ccc(Cl)c(Cl)c2)n1. The van der Waals surface area contributed by atoms with Crippen LogP contribution in [0.5, 0.6) is 0 Å². The second kappa shape index (κ2) is 7.95. The second-order valence-corrected chi connectivity index (χ2v) is 7.47. The minimum atomic E-state index is -0.724. The molecule has 4 rings (SSSR count). The molecule has 0 aliphatic carbocycles. The molecule has 0 saturated carbocycles. The van der Waals surface area contributed by atoms with Gasteiger partial charge in [0.15, 0.2) is 11.6 Å². The Labute approximate surface area is 173 Å². The number of nitrogens with zero attached hydrogens (tertiary/aromatic N) is 4. The number of aliphatic hydroxyl groups excluding tert-OH is 1. The Morgan fingerprint density at radius 1 is 1.00 bits per heavy atom. The maximum atomic E-state index is 10.2. The summed E-state index contributed by atoms with van der Waals surface area (Å²) in [4.78, 5) is 6.88. The highest BCUT2D eigenvalue weighted by Gasteiger charge is 2.19. The monoisotopic (exact) mass is 414 g/mol. The van der Waals surface area contributed by atoms with Gasteiger partial charge >= 0.3 is 0 Å². The Kier molecular flexibility index (Phi) is 5.40. The number of anilines is 1. The largest absolute Gasteiger partial charge is 0.385 e. The van der Waals surface area contributed by atoms with Gasteiger partial charge in [0, 0.05) is 24.3 Å². The standard InChI is InChI=1S/C21H20Cl2N4O/c1-2-19(28)20-24-21(27(25-20)16-9-10-17(22)18(23)13-16)14-5-7-15(8-6-14)26-11-3-4-12-26/h3-10,13,19,28H,2,11-12H2,1H3. The predicted octanol–water partition coefficient (Wildman–Crippen LogP) is 5.06. The van der Waals surface area contributed by atoms with Gasteiger partial charge < -0.3 is 10.0 Å². The Balaban J connectivity index is 1.76. The molecule has 2 aromatic carbocycles. The molecule has 28 heavy (non-hydrogen) atoms. The minimum absolute atomic E-state index is 0.386. The average molecular weight is 415 g/mol. The van der Waals surface area contributed by atoms with Crippen molar-refractivity contribution in [3.63, 3.8) is 0 Å². The first-order valence-corrected chi connectivity index (χ1v) is 9.93. The number of rotatable bonds is 5. The smallest absolute Gasteiger partial charge is 0.180 e. The van der Waals surface area contributed by atoms with Gasteiger partial charge in [-0.25, -0.2) is 9.67 Å². The quantitative estimate of drug-likeness (QED) is 0.592. The third-order valence-electron chi connectivity index (χ3n) is 4.76. The Morgan fingerprint density at radius 3 is 2.32 bits per heavy atom. The molecule has 0 bridgehead atoms. The van der Waals surface area contributed by atoms with Gasteiger partial charge in [-0.05, 0) is 48.9 Å². The van der Waals surface area contributed by atoms with Crippen molar-refractivity contribution in [2.75, 3.05) is 18.0 Å². The van der Waals surface area contributed by atoms with Crippen molar-refractivity contribution in [1.82, 2.24) is 14.8 Å². The maximum Gasteiger partial charge on any atom is 0.180 e. The van der Waals surface area contributed by atoms with Crippen molar-refractivity contribution in [3.05, 3.63) is 70.5 Å². The lowest BCUT2D eigenvalue weighted by Gasteiger charge is -2.17. The summed E-state index contributed by atoms with van der Waals surface area (Å²) in [5.41, 5.74) is 2.80. The molecule has 1 aromatic heterocycles. The number of hydrogen-bond acceptors (Lipinski definition) is 4. The number of aromatic nitrogens is 3. The molecule has 3 aromatic rings. The number of halogens is 2. The third kappa shape index (κ3) is 3.65. The van der Waals surface area contributed by atoms with E-state index in [2.05, 4.69) is 39.3 Å². The molecule has 1 aliphatic rings. The molecule has 0 amide bonds. The highest BCUT2D eigenvalue weighted by Crippen LogP contribution is 2.29. The summed E-state index contributed by atoms with van der Waals surface area (Å²) in [6, 6.07) is 13.5. The zero-order chi connectivity index (χ0) is 19.7. The van der Waals surface area contributed by atoms with Crippen LogP contribution in [0.15, 0.2) is 54.6 Å². The van der Waals surface area contributed by atoms with Crippen molar-refractivity contribution in [2.45, 2.75) is 19.4 Å². The van der Waals surface area contributed by atoms with Crippen LogP contribution >= 0.6 is 23.2 Å². The van der Waals surface area contributed by atoms with Crippen LogP contribution < -0.4 is 4.90 Å². The van der Waals surface area contributed by atoms with Crippen LogP contribution in [-0.4, -0.2) is 33.0 Å². The van der Waals surface area contributed by atoms with E-state index in [1.54, 1.807) is 16.8 Å². The molecule has 0 spiro atoms. The summed E-state index contributed by atoms with van der Waals surface area (Å²) in [6.45, 7) is 3.74. The first kappa shape index (κ1) is 19.0. The van der Waals surface area contributed by atoms with E-state index in [9.17, 15) is 5.11 Å². The molecule has 2 heterocycles. The van der Waals surface area contributed by atoms with Gasteiger partial charge in [0.1, 0.15) is 6.10 Å². The van der Waals surface area contributed by atoms with Gasteiger partial charge in [-0.1, -0.05) is 42.3 Å². The summed E-state index contributed by atoms with van der Waals surface area (Å²) in [5.74, 6) is 1.03. The summed E-state index contributed by atoms with van der Waals surface area (Å²) in [7, 11) is 0. The summed E-state index contributed by atoms with van der Waals surface area (Å²) < 4.78 is 1.70. The highest BCUT2D eigenvalue weighted by molar-refractivity contribution is 6.42.